The number of nitrogens with one attached hydrogen (secondary N) is 1. The lowest BCUT2D eigenvalue weighted by atomic mass is 10.1. The number of benzene rings is 3. The minimum Gasteiger partial charge on any atom is -0.454 e. The molecule has 0 bridgehead atoms. The van der Waals surface area contributed by atoms with Crippen LogP contribution in [-0.4, -0.2) is 39.0 Å². The van der Waals surface area contributed by atoms with Crippen LogP contribution in [0.3, 0.4) is 0 Å². The first-order valence-electron chi connectivity index (χ1n) is 11.9. The molecule has 0 radical (unpaired) electrons. The Morgan fingerprint density at radius 3 is 2.49 bits per heavy atom. The maximum atomic E-state index is 13.0. The highest BCUT2D eigenvalue weighted by atomic mass is 32.2. The average molecular weight is 515 g/mol. The van der Waals surface area contributed by atoms with E-state index < -0.39 is 0 Å². The summed E-state index contributed by atoms with van der Waals surface area (Å²) in [5.41, 5.74) is 2.95. The number of anilines is 1. The molecule has 1 aromatic heterocycles. The lowest BCUT2D eigenvalue weighted by molar-refractivity contribution is -0.116. The van der Waals surface area contributed by atoms with Gasteiger partial charge in [0.2, 0.25) is 12.7 Å². The highest BCUT2D eigenvalue weighted by Gasteiger charge is 2.21. The maximum Gasteiger partial charge on any atom is 0.231 e. The van der Waals surface area contributed by atoms with Crippen LogP contribution in [0.4, 0.5) is 5.69 Å². The van der Waals surface area contributed by atoms with Gasteiger partial charge in [-0.2, -0.15) is 0 Å². The van der Waals surface area contributed by atoms with Crippen LogP contribution in [0.15, 0.2) is 78.0 Å². The number of ketones is 1. The van der Waals surface area contributed by atoms with Crippen LogP contribution in [0.5, 0.6) is 11.5 Å². The fraction of sp³-hybridized carbons (Fsp3) is 0.214. The molecule has 0 aliphatic carbocycles. The summed E-state index contributed by atoms with van der Waals surface area (Å²) in [6.45, 7) is 4.18. The smallest absolute Gasteiger partial charge is 0.231 e. The first-order valence-corrected chi connectivity index (χ1v) is 12.9. The van der Waals surface area contributed by atoms with E-state index in [2.05, 4.69) is 15.5 Å². The number of fused-ring (bicyclic) bond motifs is 1. The summed E-state index contributed by atoms with van der Waals surface area (Å²) in [4.78, 5) is 25.0. The Hall–Kier alpha value is -4.11. The molecule has 4 aromatic rings. The Morgan fingerprint density at radius 1 is 0.973 bits per heavy atom. The number of carbonyl (C=O) groups excluding carboxylic acids is 2. The molecule has 8 nitrogen and oxygen atoms in total. The Balaban J connectivity index is 1.34. The number of ether oxygens (including phenoxy) is 2. The van der Waals surface area contributed by atoms with E-state index >= 15 is 0 Å². The molecule has 1 aliphatic rings. The number of hydrogen-bond donors (Lipinski definition) is 1. The minimum atomic E-state index is -0.0442. The summed E-state index contributed by atoms with van der Waals surface area (Å²) in [7, 11) is 0. The molecule has 9 heteroatoms. The third kappa shape index (κ3) is 5.67. The van der Waals surface area contributed by atoms with E-state index in [1.54, 1.807) is 24.3 Å². The summed E-state index contributed by atoms with van der Waals surface area (Å²) in [6, 6.07) is 22.4. The predicted molar refractivity (Wildman–Crippen MR) is 142 cm³/mol. The van der Waals surface area contributed by atoms with Gasteiger partial charge in [-0.25, -0.2) is 0 Å². The normalized spacial score (nSPS) is 12.1. The van der Waals surface area contributed by atoms with E-state index in [1.807, 2.05) is 66.9 Å². The maximum absolute atomic E-state index is 13.0. The quantitative estimate of drug-likeness (QED) is 0.229. The van der Waals surface area contributed by atoms with Crippen molar-refractivity contribution in [3.05, 3.63) is 78.4 Å². The van der Waals surface area contributed by atoms with Gasteiger partial charge in [0.25, 0.3) is 0 Å². The highest BCUT2D eigenvalue weighted by Crippen LogP contribution is 2.37. The molecule has 1 amide bonds. The lowest BCUT2D eigenvalue weighted by Gasteiger charge is -2.11. The van der Waals surface area contributed by atoms with Crippen LogP contribution in [-0.2, 0) is 4.79 Å². The molecule has 0 atom stereocenters. The number of para-hydroxylation sites is 1. The summed E-state index contributed by atoms with van der Waals surface area (Å²) in [5, 5.41) is 12.3. The Kier molecular flexibility index (Phi) is 7.23. The van der Waals surface area contributed by atoms with Gasteiger partial charge >= 0.3 is 0 Å². The number of nitrogens with zero attached hydrogens (tertiary/aromatic N) is 3. The third-order valence-electron chi connectivity index (χ3n) is 5.70. The van der Waals surface area contributed by atoms with Crippen LogP contribution in [0.25, 0.3) is 17.1 Å². The fourth-order valence-corrected chi connectivity index (χ4v) is 4.78. The zero-order valence-corrected chi connectivity index (χ0v) is 21.3. The fourth-order valence-electron chi connectivity index (χ4n) is 3.93. The average Bonchev–Trinajstić information content (AvgIpc) is 3.54. The highest BCUT2D eigenvalue weighted by molar-refractivity contribution is 7.99. The number of carbonyl (C=O) groups is 2. The SMILES string of the molecule is CC(C)CC(=O)Nc1ccc(C(=O)CSc2nnc(-c3ccc4c(c3)OCO4)n2-c2ccccc2)cc1. The Morgan fingerprint density at radius 2 is 1.73 bits per heavy atom. The van der Waals surface area contributed by atoms with Crippen LogP contribution >= 0.6 is 11.8 Å². The number of hydrogen-bond acceptors (Lipinski definition) is 7. The standard InChI is InChI=1S/C28H26N4O4S/c1-18(2)14-26(34)29-21-11-8-19(9-12-21)23(33)16-37-28-31-30-27(32(28)22-6-4-3-5-7-22)20-10-13-24-25(15-20)36-17-35-24/h3-13,15,18H,14,16-17H2,1-2H3,(H,29,34). The summed E-state index contributed by atoms with van der Waals surface area (Å²) < 4.78 is 12.9. The topological polar surface area (TPSA) is 95.3 Å². The van der Waals surface area contributed by atoms with Gasteiger partial charge in [-0.3, -0.25) is 14.2 Å². The van der Waals surface area contributed by atoms with Crippen molar-refractivity contribution in [3.63, 3.8) is 0 Å². The lowest BCUT2D eigenvalue weighted by Crippen LogP contribution is -2.14. The van der Waals surface area contributed by atoms with Crippen LogP contribution < -0.4 is 14.8 Å². The largest absolute Gasteiger partial charge is 0.454 e. The van der Waals surface area contributed by atoms with Crippen molar-refractivity contribution >= 4 is 29.1 Å². The zero-order valence-electron chi connectivity index (χ0n) is 20.5. The summed E-state index contributed by atoms with van der Waals surface area (Å²) in [5.74, 6) is 2.38. The van der Waals surface area contributed by atoms with Gasteiger partial charge in [0.1, 0.15) is 0 Å². The van der Waals surface area contributed by atoms with Crippen molar-refractivity contribution in [1.82, 2.24) is 14.8 Å². The van der Waals surface area contributed by atoms with Crippen LogP contribution in [0, 0.1) is 5.92 Å². The van der Waals surface area contributed by atoms with Gasteiger partial charge in [-0.1, -0.05) is 43.8 Å². The van der Waals surface area contributed by atoms with E-state index in [4.69, 9.17) is 9.47 Å². The molecule has 5 rings (SSSR count). The van der Waals surface area contributed by atoms with Crippen molar-refractivity contribution in [2.75, 3.05) is 17.9 Å². The minimum absolute atomic E-state index is 0.0388. The molecular weight excluding hydrogens is 488 g/mol. The van der Waals surface area contributed by atoms with Crippen molar-refractivity contribution < 1.29 is 19.1 Å². The van der Waals surface area contributed by atoms with E-state index in [9.17, 15) is 9.59 Å². The van der Waals surface area contributed by atoms with Crippen molar-refractivity contribution in [2.45, 2.75) is 25.4 Å². The second kappa shape index (κ2) is 10.9. The molecule has 188 valence electrons. The molecule has 0 unspecified atom stereocenters. The van der Waals surface area contributed by atoms with E-state index in [1.165, 1.54) is 11.8 Å². The van der Waals surface area contributed by atoms with E-state index in [0.29, 0.717) is 40.2 Å². The van der Waals surface area contributed by atoms with Gasteiger partial charge in [-0.05, 0) is 60.5 Å². The van der Waals surface area contributed by atoms with Crippen molar-refractivity contribution in [2.24, 2.45) is 5.92 Å². The molecule has 2 heterocycles. The molecule has 0 saturated carbocycles. The van der Waals surface area contributed by atoms with E-state index in [0.717, 1.165) is 11.3 Å². The monoisotopic (exact) mass is 514 g/mol. The van der Waals surface area contributed by atoms with E-state index in [-0.39, 0.29) is 30.2 Å². The van der Waals surface area contributed by atoms with Gasteiger partial charge in [0, 0.05) is 28.9 Å². The number of Topliss-reactive ketones (excluding diaryl/α,β-unsaturated/α-hetero) is 1. The van der Waals surface area contributed by atoms with Crippen LogP contribution in [0.1, 0.15) is 30.6 Å². The Bertz CT molecular complexity index is 1420. The molecule has 0 fully saturated rings. The van der Waals surface area contributed by atoms with Gasteiger partial charge in [0.05, 0.1) is 5.75 Å². The van der Waals surface area contributed by atoms with Gasteiger partial charge < -0.3 is 14.8 Å². The van der Waals surface area contributed by atoms with Gasteiger partial charge in [-0.15, -0.1) is 10.2 Å². The number of rotatable bonds is 9. The predicted octanol–water partition coefficient (Wildman–Crippen LogP) is 5.62. The van der Waals surface area contributed by atoms with Gasteiger partial charge in [0.15, 0.2) is 28.3 Å². The molecule has 37 heavy (non-hydrogen) atoms. The van der Waals surface area contributed by atoms with Crippen molar-refractivity contribution in [1.29, 1.82) is 0 Å². The molecular formula is C28H26N4O4S. The second-order valence-electron chi connectivity index (χ2n) is 8.98. The summed E-state index contributed by atoms with van der Waals surface area (Å²) in [6.07, 6.45) is 0.452. The molecule has 1 aliphatic heterocycles. The molecule has 3 aromatic carbocycles. The molecule has 1 N–H and O–H groups in total. The third-order valence-corrected chi connectivity index (χ3v) is 6.62. The number of amides is 1. The molecule has 0 spiro atoms. The zero-order chi connectivity index (χ0) is 25.8. The second-order valence-corrected chi connectivity index (χ2v) is 9.92. The van der Waals surface area contributed by atoms with Crippen molar-refractivity contribution in [3.8, 4) is 28.6 Å². The Labute approximate surface area is 219 Å². The summed E-state index contributed by atoms with van der Waals surface area (Å²) >= 11 is 1.32. The van der Waals surface area contributed by atoms with Crippen LogP contribution in [0.2, 0.25) is 0 Å². The molecule has 0 saturated heterocycles. The first kappa shape index (κ1) is 24.6. The first-order chi connectivity index (χ1) is 18.0. The number of thioether (sulfide) groups is 1. The number of aromatic nitrogens is 3.